The molecule has 2 nitrogen and oxygen atoms in total. The normalized spacial score (nSPS) is 12.3. The largest absolute Gasteiger partial charge is 0.346 e. The van der Waals surface area contributed by atoms with Gasteiger partial charge < -0.3 is 4.57 Å². The third kappa shape index (κ3) is 7.71. The Hall–Kier alpha value is -4.15. The van der Waals surface area contributed by atoms with Crippen molar-refractivity contribution >= 4 is 34.1 Å². The first-order chi connectivity index (χ1) is 19.8. The smallest absolute Gasteiger partial charge is 0.239 e. The van der Waals surface area contributed by atoms with Gasteiger partial charge in [0.05, 0.1) is 5.72 Å². The topological polar surface area (TPSA) is 17.8 Å². The predicted octanol–water partition coefficient (Wildman–Crippen LogP) is 6.86. The molecule has 0 N–H and O–H groups in total. The van der Waals surface area contributed by atoms with Gasteiger partial charge in [-0.3, -0.25) is 4.98 Å². The van der Waals surface area contributed by atoms with Gasteiger partial charge in [-0.25, -0.2) is 0 Å². The van der Waals surface area contributed by atoms with Crippen LogP contribution in [-0.4, -0.2) is 26.4 Å². The Labute approximate surface area is 242 Å². The van der Waals surface area contributed by atoms with Crippen molar-refractivity contribution in [3.63, 3.8) is 0 Å². The SMILES string of the molecule is CC(=CC(c1ccccc1)c1ccccc1)CC[SiH2]Cn1ccnc1BC(=Cc1ccccc1)c1ccccc1. The standard InChI is InChI=1S/C36H37BN2Si/c1-29(26-34(31-16-8-3-9-17-31)32-18-10-4-11-19-32)22-25-40-28-39-24-23-38-36(39)37-35(33-20-12-5-13-21-33)27-30-14-6-2-7-15-30/h2-21,23-24,26-27,34,37H,22,25,28,40H2,1H3. The van der Waals surface area contributed by atoms with Crippen molar-refractivity contribution < 1.29 is 0 Å². The summed E-state index contributed by atoms with van der Waals surface area (Å²) < 4.78 is 2.39. The molecule has 0 atom stereocenters. The fourth-order valence-electron chi connectivity index (χ4n) is 5.28. The minimum absolute atomic E-state index is 0.272. The van der Waals surface area contributed by atoms with Crippen LogP contribution in [0, 0.1) is 0 Å². The lowest BCUT2D eigenvalue weighted by Gasteiger charge is -2.16. The Morgan fingerprint density at radius 1 is 0.800 bits per heavy atom. The highest BCUT2D eigenvalue weighted by atomic mass is 28.2. The van der Waals surface area contributed by atoms with E-state index in [2.05, 4.69) is 151 Å². The van der Waals surface area contributed by atoms with Crippen molar-refractivity contribution in [3.8, 4) is 0 Å². The molecule has 0 fully saturated rings. The van der Waals surface area contributed by atoms with Gasteiger partial charge in [0.15, 0.2) is 0 Å². The van der Waals surface area contributed by atoms with Gasteiger partial charge in [0.1, 0.15) is 0 Å². The van der Waals surface area contributed by atoms with E-state index in [1.54, 1.807) is 0 Å². The van der Waals surface area contributed by atoms with E-state index in [0.29, 0.717) is 5.92 Å². The molecule has 40 heavy (non-hydrogen) atoms. The van der Waals surface area contributed by atoms with Gasteiger partial charge in [-0.1, -0.05) is 151 Å². The monoisotopic (exact) mass is 536 g/mol. The van der Waals surface area contributed by atoms with E-state index in [9.17, 15) is 0 Å². The molecule has 0 aliphatic rings. The zero-order chi connectivity index (χ0) is 27.4. The van der Waals surface area contributed by atoms with E-state index in [1.807, 2.05) is 6.20 Å². The Morgan fingerprint density at radius 2 is 1.38 bits per heavy atom. The van der Waals surface area contributed by atoms with Crippen molar-refractivity contribution in [3.05, 3.63) is 168 Å². The zero-order valence-corrected chi connectivity index (χ0v) is 24.8. The molecule has 0 radical (unpaired) electrons. The summed E-state index contributed by atoms with van der Waals surface area (Å²) in [5.41, 5.74) is 9.11. The molecule has 0 amide bonds. The van der Waals surface area contributed by atoms with Crippen molar-refractivity contribution in [2.75, 3.05) is 0 Å². The van der Waals surface area contributed by atoms with Crippen LogP contribution in [0.3, 0.4) is 0 Å². The minimum atomic E-state index is -0.272. The van der Waals surface area contributed by atoms with Gasteiger partial charge in [0, 0.05) is 34.0 Å². The lowest BCUT2D eigenvalue weighted by molar-refractivity contribution is 0.891. The summed E-state index contributed by atoms with van der Waals surface area (Å²) in [7, 11) is 0.556. The molecule has 4 aromatic carbocycles. The number of rotatable bonds is 12. The first-order valence-electron chi connectivity index (χ1n) is 14.3. The third-order valence-corrected chi connectivity index (χ3v) is 9.08. The maximum absolute atomic E-state index is 4.78. The molecule has 0 bridgehead atoms. The average molecular weight is 537 g/mol. The molecular formula is C36H37BN2Si. The van der Waals surface area contributed by atoms with E-state index in [0.717, 1.165) is 25.6 Å². The molecule has 0 spiro atoms. The van der Waals surface area contributed by atoms with Crippen LogP contribution in [0.15, 0.2) is 145 Å². The second-order valence-corrected chi connectivity index (χ2v) is 12.3. The number of aromatic nitrogens is 2. The van der Waals surface area contributed by atoms with Crippen LogP contribution in [-0.2, 0) is 6.17 Å². The quantitative estimate of drug-likeness (QED) is 0.0738. The summed E-state index contributed by atoms with van der Waals surface area (Å²) in [6, 6.07) is 44.3. The lowest BCUT2D eigenvalue weighted by atomic mass is 9.65. The lowest BCUT2D eigenvalue weighted by Crippen LogP contribution is -2.29. The van der Waals surface area contributed by atoms with E-state index in [-0.39, 0.29) is 9.52 Å². The van der Waals surface area contributed by atoms with Crippen LogP contribution < -0.4 is 5.72 Å². The highest BCUT2D eigenvalue weighted by Gasteiger charge is 2.13. The molecule has 0 saturated heterocycles. The fraction of sp³-hybridized carbons (Fsp3) is 0.139. The van der Waals surface area contributed by atoms with Crippen molar-refractivity contribution in [1.29, 1.82) is 0 Å². The van der Waals surface area contributed by atoms with Crippen molar-refractivity contribution in [2.45, 2.75) is 31.5 Å². The van der Waals surface area contributed by atoms with E-state index >= 15 is 0 Å². The Bertz CT molecular complexity index is 1470. The molecule has 0 aliphatic heterocycles. The average Bonchev–Trinajstić information content (AvgIpc) is 3.46. The van der Waals surface area contributed by atoms with Gasteiger partial charge in [-0.15, -0.1) is 0 Å². The molecule has 198 valence electrons. The summed E-state index contributed by atoms with van der Waals surface area (Å²) >= 11 is 0. The number of hydrogen-bond acceptors (Lipinski definition) is 1. The number of benzene rings is 4. The summed E-state index contributed by atoms with van der Waals surface area (Å²) in [4.78, 5) is 4.78. The number of hydrogen-bond donors (Lipinski definition) is 0. The summed E-state index contributed by atoms with van der Waals surface area (Å²) in [5, 5.41) is 0. The fourth-order valence-corrected chi connectivity index (χ4v) is 7.06. The second kappa shape index (κ2) is 14.3. The van der Waals surface area contributed by atoms with Crippen LogP contribution in [0.5, 0.6) is 0 Å². The van der Waals surface area contributed by atoms with Crippen molar-refractivity contribution in [1.82, 2.24) is 9.55 Å². The number of allylic oxidation sites excluding steroid dienone is 2. The van der Waals surface area contributed by atoms with E-state index < -0.39 is 0 Å². The predicted molar refractivity (Wildman–Crippen MR) is 176 cm³/mol. The van der Waals surface area contributed by atoms with Gasteiger partial charge in [-0.05, 0) is 35.6 Å². The van der Waals surface area contributed by atoms with Crippen LogP contribution in [0.4, 0.5) is 0 Å². The third-order valence-electron chi connectivity index (χ3n) is 7.42. The second-order valence-electron chi connectivity index (χ2n) is 10.4. The van der Waals surface area contributed by atoms with Crippen LogP contribution in [0.25, 0.3) is 11.5 Å². The maximum atomic E-state index is 4.78. The molecule has 0 unspecified atom stereocenters. The molecule has 5 rings (SSSR count). The van der Waals surface area contributed by atoms with Gasteiger partial charge in [-0.2, -0.15) is 0 Å². The number of nitrogens with zero attached hydrogens (tertiary/aromatic N) is 2. The van der Waals surface area contributed by atoms with E-state index in [1.165, 1.54) is 39.3 Å². The Morgan fingerprint density at radius 3 is 2.00 bits per heavy atom. The molecular weight excluding hydrogens is 499 g/mol. The highest BCUT2D eigenvalue weighted by Crippen LogP contribution is 2.28. The van der Waals surface area contributed by atoms with Crippen LogP contribution in [0.1, 0.15) is 41.5 Å². The molecule has 5 aromatic rings. The minimum Gasteiger partial charge on any atom is -0.346 e. The van der Waals surface area contributed by atoms with Gasteiger partial charge >= 0.3 is 0 Å². The number of imidazole rings is 1. The molecule has 0 aliphatic carbocycles. The molecule has 0 saturated carbocycles. The molecule has 4 heteroatoms. The first kappa shape index (κ1) is 27.4. The van der Waals surface area contributed by atoms with E-state index in [4.69, 9.17) is 4.98 Å². The summed E-state index contributed by atoms with van der Waals surface area (Å²) in [5.74, 6) is 0.303. The van der Waals surface area contributed by atoms with Gasteiger partial charge in [0.25, 0.3) is 0 Å². The molecule has 1 aromatic heterocycles. The first-order valence-corrected chi connectivity index (χ1v) is 16.3. The highest BCUT2D eigenvalue weighted by molar-refractivity contribution is 6.73. The molecule has 1 heterocycles. The summed E-state index contributed by atoms with van der Waals surface area (Å²) in [6.45, 7) is 2.30. The Kier molecular flexibility index (Phi) is 9.80. The zero-order valence-electron chi connectivity index (χ0n) is 23.4. The van der Waals surface area contributed by atoms with Crippen LogP contribution in [0.2, 0.25) is 6.04 Å². The Balaban J connectivity index is 1.23. The van der Waals surface area contributed by atoms with Gasteiger partial charge in [0.2, 0.25) is 7.28 Å². The summed E-state index contributed by atoms with van der Waals surface area (Å²) in [6.07, 6.45) is 11.2. The van der Waals surface area contributed by atoms with Crippen LogP contribution >= 0.6 is 0 Å². The van der Waals surface area contributed by atoms with Crippen molar-refractivity contribution in [2.24, 2.45) is 0 Å². The maximum Gasteiger partial charge on any atom is 0.239 e.